The Labute approximate surface area is 213 Å². The average molecular weight is 510 g/mol. The largest absolute Gasteiger partial charge is 0.493 e. The van der Waals surface area contributed by atoms with E-state index in [-0.39, 0.29) is 29.9 Å². The number of benzene rings is 2. The number of rotatable bonds is 8. The van der Waals surface area contributed by atoms with Crippen molar-refractivity contribution in [1.82, 2.24) is 9.80 Å². The Balaban J connectivity index is 1.39. The summed E-state index contributed by atoms with van der Waals surface area (Å²) in [5, 5.41) is 2.34. The van der Waals surface area contributed by atoms with Crippen molar-refractivity contribution in [3.63, 3.8) is 0 Å². The number of likely N-dealkylation sites (tertiary alicyclic amines) is 1. The van der Waals surface area contributed by atoms with Crippen LogP contribution in [0.5, 0.6) is 11.5 Å². The van der Waals surface area contributed by atoms with Gasteiger partial charge in [-0.05, 0) is 66.9 Å². The maximum absolute atomic E-state index is 12.8. The lowest BCUT2D eigenvalue weighted by molar-refractivity contribution is -0.135. The van der Waals surface area contributed by atoms with E-state index in [4.69, 9.17) is 9.47 Å². The first-order valence-electron chi connectivity index (χ1n) is 11.5. The molecule has 2 aliphatic rings. The van der Waals surface area contributed by atoms with Crippen molar-refractivity contribution < 1.29 is 28.7 Å². The normalized spacial score (nSPS) is 16.6. The fourth-order valence-corrected chi connectivity index (χ4v) is 4.76. The van der Waals surface area contributed by atoms with Gasteiger partial charge in [0, 0.05) is 18.8 Å². The number of nitrogens with one attached hydrogen (secondary N) is 1. The lowest BCUT2D eigenvalue weighted by Crippen LogP contribution is -2.40. The van der Waals surface area contributed by atoms with Gasteiger partial charge in [0.25, 0.3) is 17.1 Å². The molecular formula is C26H27N3O6S. The summed E-state index contributed by atoms with van der Waals surface area (Å²) in [5.41, 5.74) is 2.27. The van der Waals surface area contributed by atoms with E-state index in [1.165, 1.54) is 7.11 Å². The molecule has 0 aromatic heterocycles. The Morgan fingerprint density at radius 3 is 2.56 bits per heavy atom. The van der Waals surface area contributed by atoms with Crippen LogP contribution in [0.1, 0.15) is 24.0 Å². The van der Waals surface area contributed by atoms with Crippen molar-refractivity contribution in [3.8, 4) is 11.5 Å². The van der Waals surface area contributed by atoms with Crippen molar-refractivity contribution in [2.45, 2.75) is 19.8 Å². The summed E-state index contributed by atoms with van der Waals surface area (Å²) < 4.78 is 11.0. The maximum atomic E-state index is 12.8. The van der Waals surface area contributed by atoms with Gasteiger partial charge >= 0.3 is 0 Å². The summed E-state index contributed by atoms with van der Waals surface area (Å²) in [6.07, 6.45) is 3.45. The van der Waals surface area contributed by atoms with Gasteiger partial charge in [-0.25, -0.2) is 0 Å². The highest BCUT2D eigenvalue weighted by molar-refractivity contribution is 8.18. The lowest BCUT2D eigenvalue weighted by atomic mass is 10.2. The first-order valence-corrected chi connectivity index (χ1v) is 12.4. The highest BCUT2D eigenvalue weighted by Crippen LogP contribution is 2.34. The van der Waals surface area contributed by atoms with E-state index in [0.29, 0.717) is 35.8 Å². The summed E-state index contributed by atoms with van der Waals surface area (Å²) >= 11 is 0.798. The molecule has 4 rings (SSSR count). The summed E-state index contributed by atoms with van der Waals surface area (Å²) in [4.78, 5) is 52.8. The summed E-state index contributed by atoms with van der Waals surface area (Å²) in [5.74, 6) is -0.294. The molecule has 4 amide bonds. The van der Waals surface area contributed by atoms with Crippen LogP contribution >= 0.6 is 11.8 Å². The van der Waals surface area contributed by atoms with E-state index in [1.54, 1.807) is 29.2 Å². The molecule has 0 bridgehead atoms. The van der Waals surface area contributed by atoms with Gasteiger partial charge in [-0.2, -0.15) is 0 Å². The SMILES string of the molecule is COc1cc(/C=C2\SC(=O)N(CC(=O)N3CCCC3)C2=O)ccc1OCC(=O)Nc1ccccc1C. The maximum Gasteiger partial charge on any atom is 0.294 e. The number of aryl methyl sites for hydroxylation is 1. The number of carbonyl (C=O) groups is 4. The highest BCUT2D eigenvalue weighted by Gasteiger charge is 2.37. The monoisotopic (exact) mass is 509 g/mol. The van der Waals surface area contributed by atoms with E-state index in [2.05, 4.69) is 5.32 Å². The topological polar surface area (TPSA) is 105 Å². The van der Waals surface area contributed by atoms with Crippen LogP contribution in [0, 0.1) is 6.92 Å². The van der Waals surface area contributed by atoms with Crippen LogP contribution in [-0.2, 0) is 14.4 Å². The van der Waals surface area contributed by atoms with Crippen LogP contribution < -0.4 is 14.8 Å². The number of anilines is 1. The molecule has 2 heterocycles. The molecule has 2 aromatic rings. The lowest BCUT2D eigenvalue weighted by Gasteiger charge is -2.18. The van der Waals surface area contributed by atoms with Crippen molar-refractivity contribution in [1.29, 1.82) is 0 Å². The number of nitrogens with zero attached hydrogens (tertiary/aromatic N) is 2. The van der Waals surface area contributed by atoms with Crippen molar-refractivity contribution in [2.75, 3.05) is 38.7 Å². The van der Waals surface area contributed by atoms with Gasteiger partial charge in [0.15, 0.2) is 18.1 Å². The highest BCUT2D eigenvalue weighted by atomic mass is 32.2. The van der Waals surface area contributed by atoms with Crippen molar-refractivity contribution in [3.05, 3.63) is 58.5 Å². The van der Waals surface area contributed by atoms with Gasteiger partial charge < -0.3 is 19.7 Å². The Kier molecular flexibility index (Phi) is 7.94. The minimum absolute atomic E-state index is 0.214. The second-order valence-electron chi connectivity index (χ2n) is 8.42. The first kappa shape index (κ1) is 25.3. The third-order valence-electron chi connectivity index (χ3n) is 5.89. The average Bonchev–Trinajstić information content (AvgIpc) is 3.49. The predicted molar refractivity (Wildman–Crippen MR) is 137 cm³/mol. The molecule has 0 radical (unpaired) electrons. The molecule has 1 N–H and O–H groups in total. The number of ether oxygens (including phenoxy) is 2. The molecule has 0 saturated carbocycles. The fraction of sp³-hybridized carbons (Fsp3) is 0.308. The van der Waals surface area contributed by atoms with Crippen LogP contribution in [0.4, 0.5) is 10.5 Å². The summed E-state index contributed by atoms with van der Waals surface area (Å²) in [6.45, 7) is 2.76. The van der Waals surface area contributed by atoms with Gasteiger partial charge in [-0.1, -0.05) is 24.3 Å². The molecule has 188 valence electrons. The van der Waals surface area contributed by atoms with Gasteiger partial charge in [-0.15, -0.1) is 0 Å². The van der Waals surface area contributed by atoms with Crippen LogP contribution in [0.3, 0.4) is 0 Å². The second kappa shape index (κ2) is 11.3. The fourth-order valence-electron chi connectivity index (χ4n) is 3.93. The molecule has 0 unspecified atom stereocenters. The van der Waals surface area contributed by atoms with Crippen LogP contribution in [-0.4, -0.2) is 66.1 Å². The van der Waals surface area contributed by atoms with E-state index >= 15 is 0 Å². The molecule has 9 nitrogen and oxygen atoms in total. The zero-order valence-corrected chi connectivity index (χ0v) is 20.9. The molecule has 2 aliphatic heterocycles. The molecule has 2 saturated heterocycles. The minimum Gasteiger partial charge on any atom is -0.493 e. The van der Waals surface area contributed by atoms with Crippen LogP contribution in [0.15, 0.2) is 47.4 Å². The third kappa shape index (κ3) is 5.88. The summed E-state index contributed by atoms with van der Waals surface area (Å²) in [7, 11) is 1.47. The number of carbonyl (C=O) groups excluding carboxylic acids is 4. The van der Waals surface area contributed by atoms with E-state index < -0.39 is 11.1 Å². The van der Waals surface area contributed by atoms with Gasteiger partial charge in [-0.3, -0.25) is 24.1 Å². The van der Waals surface area contributed by atoms with Gasteiger partial charge in [0.05, 0.1) is 12.0 Å². The molecule has 0 atom stereocenters. The summed E-state index contributed by atoms with van der Waals surface area (Å²) in [6, 6.07) is 12.4. The minimum atomic E-state index is -0.496. The van der Waals surface area contributed by atoms with Crippen molar-refractivity contribution >= 4 is 46.5 Å². The Hall–Kier alpha value is -3.79. The number of methoxy groups -OCH3 is 1. The standard InChI is InChI=1S/C26H27N3O6S/c1-17-7-3-4-8-19(17)27-23(30)16-35-20-10-9-18(13-21(20)34-2)14-22-25(32)29(26(33)36-22)15-24(31)28-11-5-6-12-28/h3-4,7-10,13-14H,5-6,11-12,15-16H2,1-2H3,(H,27,30)/b22-14-. The second-order valence-corrected chi connectivity index (χ2v) is 9.41. The van der Waals surface area contributed by atoms with Gasteiger partial charge in [0.1, 0.15) is 6.54 Å². The quantitative estimate of drug-likeness (QED) is 0.541. The molecule has 36 heavy (non-hydrogen) atoms. The molecular weight excluding hydrogens is 482 g/mol. The van der Waals surface area contributed by atoms with Crippen LogP contribution in [0.2, 0.25) is 0 Å². The Morgan fingerprint density at radius 1 is 1.08 bits per heavy atom. The van der Waals surface area contributed by atoms with E-state index in [0.717, 1.165) is 35.1 Å². The molecule has 2 fully saturated rings. The van der Waals surface area contributed by atoms with Crippen LogP contribution in [0.25, 0.3) is 6.08 Å². The Bertz CT molecular complexity index is 1220. The van der Waals surface area contributed by atoms with Crippen molar-refractivity contribution in [2.24, 2.45) is 0 Å². The number of imide groups is 1. The first-order chi connectivity index (χ1) is 17.4. The number of hydrogen-bond donors (Lipinski definition) is 1. The molecule has 2 aromatic carbocycles. The number of hydrogen-bond acceptors (Lipinski definition) is 7. The number of thioether (sulfide) groups is 1. The smallest absolute Gasteiger partial charge is 0.294 e. The van der Waals surface area contributed by atoms with E-state index in [9.17, 15) is 19.2 Å². The predicted octanol–water partition coefficient (Wildman–Crippen LogP) is 3.68. The molecule has 0 aliphatic carbocycles. The van der Waals surface area contributed by atoms with Gasteiger partial charge in [0.2, 0.25) is 5.91 Å². The number of amides is 4. The Morgan fingerprint density at radius 2 is 1.83 bits per heavy atom. The zero-order valence-electron chi connectivity index (χ0n) is 20.1. The number of para-hydroxylation sites is 1. The molecule has 10 heteroatoms. The third-order valence-corrected chi connectivity index (χ3v) is 6.80. The zero-order chi connectivity index (χ0) is 25.7. The van der Waals surface area contributed by atoms with E-state index in [1.807, 2.05) is 31.2 Å². The molecule has 0 spiro atoms.